The summed E-state index contributed by atoms with van der Waals surface area (Å²) in [6.45, 7) is 1.98. The molecule has 1 saturated carbocycles. The monoisotopic (exact) mass is 333 g/mol. The third-order valence-corrected chi connectivity index (χ3v) is 4.03. The maximum Gasteiger partial charge on any atom is 0.408 e. The second-order valence-corrected chi connectivity index (χ2v) is 5.75. The number of ether oxygens (including phenoxy) is 2. The minimum atomic E-state index is -0.985. The van der Waals surface area contributed by atoms with Gasteiger partial charge in [-0.05, 0) is 25.3 Å². The third-order valence-electron chi connectivity index (χ3n) is 4.03. The van der Waals surface area contributed by atoms with Crippen LogP contribution in [-0.4, -0.2) is 30.5 Å². The third kappa shape index (κ3) is 5.08. The number of benzene rings is 1. The number of rotatable bonds is 6. The smallest absolute Gasteiger partial charge is 0.408 e. The Morgan fingerprint density at radius 1 is 1.21 bits per heavy atom. The van der Waals surface area contributed by atoms with Gasteiger partial charge in [0.05, 0.1) is 6.61 Å². The molecule has 1 aliphatic carbocycles. The predicted molar refractivity (Wildman–Crippen MR) is 87.1 cm³/mol. The number of nitrogens with one attached hydrogen (secondary N) is 1. The number of Topliss-reactive ketones (excluding diaryl/α,β-unsaturated/α-hetero) is 1. The van der Waals surface area contributed by atoms with E-state index in [9.17, 15) is 14.4 Å². The summed E-state index contributed by atoms with van der Waals surface area (Å²) in [5.74, 6) is -1.14. The highest BCUT2D eigenvalue weighted by Gasteiger charge is 2.37. The Morgan fingerprint density at radius 3 is 2.62 bits per heavy atom. The van der Waals surface area contributed by atoms with E-state index in [1.165, 1.54) is 0 Å². The van der Waals surface area contributed by atoms with Crippen LogP contribution < -0.4 is 5.32 Å². The highest BCUT2D eigenvalue weighted by atomic mass is 16.6. The van der Waals surface area contributed by atoms with Gasteiger partial charge in [0, 0.05) is 12.3 Å². The highest BCUT2D eigenvalue weighted by Crippen LogP contribution is 2.24. The molecule has 0 aromatic heterocycles. The fourth-order valence-electron chi connectivity index (χ4n) is 2.81. The Bertz CT molecular complexity index is 572. The topological polar surface area (TPSA) is 81.7 Å². The van der Waals surface area contributed by atoms with Crippen LogP contribution in [0.25, 0.3) is 0 Å². The number of esters is 1. The van der Waals surface area contributed by atoms with Crippen LogP contribution in [0.3, 0.4) is 0 Å². The number of hydrogen-bond acceptors (Lipinski definition) is 5. The molecule has 1 aliphatic rings. The van der Waals surface area contributed by atoms with Gasteiger partial charge in [0.25, 0.3) is 0 Å². The van der Waals surface area contributed by atoms with Gasteiger partial charge >= 0.3 is 12.1 Å². The zero-order chi connectivity index (χ0) is 17.4. The average Bonchev–Trinajstić information content (AvgIpc) is 2.60. The molecular formula is C18H23NO5. The van der Waals surface area contributed by atoms with Gasteiger partial charge in [-0.3, -0.25) is 4.79 Å². The molecule has 0 radical (unpaired) electrons. The van der Waals surface area contributed by atoms with Crippen molar-refractivity contribution in [2.75, 3.05) is 6.61 Å². The fourth-order valence-corrected chi connectivity index (χ4v) is 2.81. The van der Waals surface area contributed by atoms with Crippen molar-refractivity contribution in [2.24, 2.45) is 5.92 Å². The van der Waals surface area contributed by atoms with Crippen LogP contribution in [-0.2, 0) is 25.7 Å². The van der Waals surface area contributed by atoms with Crippen molar-refractivity contribution >= 4 is 17.8 Å². The van der Waals surface area contributed by atoms with Crippen LogP contribution in [0.1, 0.15) is 38.2 Å². The van der Waals surface area contributed by atoms with Crippen LogP contribution in [0, 0.1) is 5.92 Å². The van der Waals surface area contributed by atoms with E-state index in [0.717, 1.165) is 18.4 Å². The van der Waals surface area contributed by atoms with Gasteiger partial charge in [0.1, 0.15) is 18.4 Å². The van der Waals surface area contributed by atoms with E-state index in [0.29, 0.717) is 12.8 Å². The summed E-state index contributed by atoms with van der Waals surface area (Å²) >= 11 is 0. The Balaban J connectivity index is 1.97. The zero-order valence-electron chi connectivity index (χ0n) is 13.8. The van der Waals surface area contributed by atoms with Gasteiger partial charge in [-0.1, -0.05) is 36.8 Å². The summed E-state index contributed by atoms with van der Waals surface area (Å²) in [5, 5.41) is 2.52. The van der Waals surface area contributed by atoms with Crippen molar-refractivity contribution in [2.45, 2.75) is 45.3 Å². The summed E-state index contributed by atoms with van der Waals surface area (Å²) in [6, 6.07) is 8.25. The molecule has 1 aromatic carbocycles. The molecule has 2 rings (SSSR count). The number of amides is 1. The normalized spacial score (nSPS) is 18.5. The molecule has 6 heteroatoms. The SMILES string of the molecule is CCOC(=O)[C@@H](NC(=O)OCc1ccccc1)C1CCCCC1=O. The van der Waals surface area contributed by atoms with Crippen LogP contribution >= 0.6 is 0 Å². The van der Waals surface area contributed by atoms with Gasteiger partial charge in [0.2, 0.25) is 0 Å². The zero-order valence-corrected chi connectivity index (χ0v) is 13.8. The number of alkyl carbamates (subject to hydrolysis) is 1. The Morgan fingerprint density at radius 2 is 1.96 bits per heavy atom. The molecule has 0 heterocycles. The quantitative estimate of drug-likeness (QED) is 0.809. The molecule has 2 atom stereocenters. The molecule has 1 N–H and O–H groups in total. The summed E-state index contributed by atoms with van der Waals surface area (Å²) in [7, 11) is 0. The summed E-state index contributed by atoms with van der Waals surface area (Å²) in [4.78, 5) is 36.3. The Hall–Kier alpha value is -2.37. The first-order valence-corrected chi connectivity index (χ1v) is 8.28. The van der Waals surface area contributed by atoms with Gasteiger partial charge in [0.15, 0.2) is 0 Å². The molecule has 6 nitrogen and oxygen atoms in total. The lowest BCUT2D eigenvalue weighted by Crippen LogP contribution is -2.50. The van der Waals surface area contributed by atoms with Gasteiger partial charge in [-0.25, -0.2) is 9.59 Å². The van der Waals surface area contributed by atoms with E-state index in [1.54, 1.807) is 6.92 Å². The van der Waals surface area contributed by atoms with Gasteiger partial charge in [-0.2, -0.15) is 0 Å². The van der Waals surface area contributed by atoms with Crippen molar-refractivity contribution in [3.05, 3.63) is 35.9 Å². The molecule has 1 amide bonds. The summed E-state index contributed by atoms with van der Waals surface area (Å²) in [6.07, 6.45) is 1.95. The average molecular weight is 333 g/mol. The maximum absolute atomic E-state index is 12.2. The first-order valence-electron chi connectivity index (χ1n) is 8.28. The lowest BCUT2D eigenvalue weighted by atomic mass is 9.83. The molecule has 0 bridgehead atoms. The second kappa shape index (κ2) is 9.05. The number of hydrogen-bond donors (Lipinski definition) is 1. The maximum atomic E-state index is 12.2. The largest absolute Gasteiger partial charge is 0.464 e. The molecule has 24 heavy (non-hydrogen) atoms. The van der Waals surface area contributed by atoms with Crippen molar-refractivity contribution in [1.82, 2.24) is 5.32 Å². The van der Waals surface area contributed by atoms with Crippen molar-refractivity contribution in [3.63, 3.8) is 0 Å². The van der Waals surface area contributed by atoms with Crippen molar-refractivity contribution in [1.29, 1.82) is 0 Å². The van der Waals surface area contributed by atoms with E-state index in [4.69, 9.17) is 9.47 Å². The Kier molecular flexibility index (Phi) is 6.78. The molecule has 1 aromatic rings. The Labute approximate surface area is 141 Å². The van der Waals surface area contributed by atoms with E-state index < -0.39 is 24.0 Å². The lowest BCUT2D eigenvalue weighted by Gasteiger charge is -2.27. The molecular weight excluding hydrogens is 310 g/mol. The van der Waals surface area contributed by atoms with Crippen LogP contribution in [0.15, 0.2) is 30.3 Å². The number of carbonyl (C=O) groups excluding carboxylic acids is 3. The van der Waals surface area contributed by atoms with E-state index >= 15 is 0 Å². The van der Waals surface area contributed by atoms with Crippen LogP contribution in [0.5, 0.6) is 0 Å². The van der Waals surface area contributed by atoms with Crippen molar-refractivity contribution < 1.29 is 23.9 Å². The molecule has 0 aliphatic heterocycles. The van der Waals surface area contributed by atoms with Gasteiger partial charge in [-0.15, -0.1) is 0 Å². The minimum Gasteiger partial charge on any atom is -0.464 e. The fraction of sp³-hybridized carbons (Fsp3) is 0.500. The highest BCUT2D eigenvalue weighted by molar-refractivity contribution is 5.91. The van der Waals surface area contributed by atoms with E-state index in [1.807, 2.05) is 30.3 Å². The lowest BCUT2D eigenvalue weighted by molar-refractivity contribution is -0.149. The standard InChI is InChI=1S/C18H23NO5/c1-2-23-17(21)16(14-10-6-7-11-15(14)20)19-18(22)24-12-13-8-4-3-5-9-13/h3-5,8-9,14,16H,2,6-7,10-12H2,1H3,(H,19,22)/t14?,16-/m0/s1. The first kappa shape index (κ1) is 18.0. The molecule has 1 unspecified atom stereocenters. The summed E-state index contributed by atoms with van der Waals surface area (Å²) < 4.78 is 10.2. The van der Waals surface area contributed by atoms with E-state index in [2.05, 4.69) is 5.32 Å². The van der Waals surface area contributed by atoms with E-state index in [-0.39, 0.29) is 19.0 Å². The molecule has 130 valence electrons. The predicted octanol–water partition coefficient (Wildman–Crippen LogP) is 2.60. The van der Waals surface area contributed by atoms with Gasteiger partial charge < -0.3 is 14.8 Å². The first-order chi connectivity index (χ1) is 11.6. The van der Waals surface area contributed by atoms with Crippen LogP contribution in [0.2, 0.25) is 0 Å². The second-order valence-electron chi connectivity index (χ2n) is 5.75. The molecule has 1 fully saturated rings. The minimum absolute atomic E-state index is 0.0114. The van der Waals surface area contributed by atoms with Crippen LogP contribution in [0.4, 0.5) is 4.79 Å². The molecule has 0 saturated heterocycles. The van der Waals surface area contributed by atoms with Crippen molar-refractivity contribution in [3.8, 4) is 0 Å². The number of carbonyl (C=O) groups is 3. The molecule has 0 spiro atoms. The summed E-state index contributed by atoms with van der Waals surface area (Å²) in [5.41, 5.74) is 0.842. The number of ketones is 1.